The fourth-order valence-electron chi connectivity index (χ4n) is 1.53. The number of carbonyl (C=O) groups excluding carboxylic acids is 1. The number of nitrogens with zero attached hydrogens (tertiary/aromatic N) is 1. The molecule has 100 valence electrons. The number of esters is 1. The number of aryl methyl sites for hydroxylation is 2. The molecule has 19 heavy (non-hydrogen) atoms. The van der Waals surface area contributed by atoms with Gasteiger partial charge >= 0.3 is 5.97 Å². The highest BCUT2D eigenvalue weighted by atomic mass is 79.9. The first-order valence-electron chi connectivity index (χ1n) is 5.60. The molecule has 0 aliphatic carbocycles. The van der Waals surface area contributed by atoms with Crippen molar-refractivity contribution in [1.82, 2.24) is 4.98 Å². The Morgan fingerprint density at radius 3 is 2.79 bits per heavy atom. The number of rotatable bonds is 3. The lowest BCUT2D eigenvalue weighted by molar-refractivity contribution is 0.0605. The lowest BCUT2D eigenvalue weighted by Crippen LogP contribution is -1.99. The van der Waals surface area contributed by atoms with E-state index in [0.29, 0.717) is 15.7 Å². The SMILES string of the molecule is COC(=O)c1sc(Nc2ccc(C)c(Br)c2)nc1C. The third kappa shape index (κ3) is 3.13. The highest BCUT2D eigenvalue weighted by Crippen LogP contribution is 2.28. The van der Waals surface area contributed by atoms with Crippen molar-refractivity contribution >= 4 is 44.1 Å². The summed E-state index contributed by atoms with van der Waals surface area (Å²) in [6, 6.07) is 5.95. The Bertz CT molecular complexity index is 625. The van der Waals surface area contributed by atoms with Crippen LogP contribution in [0.3, 0.4) is 0 Å². The van der Waals surface area contributed by atoms with Crippen LogP contribution in [0.2, 0.25) is 0 Å². The van der Waals surface area contributed by atoms with Gasteiger partial charge < -0.3 is 10.1 Å². The second-order valence-electron chi connectivity index (χ2n) is 4.01. The van der Waals surface area contributed by atoms with E-state index < -0.39 is 0 Å². The number of hydrogen-bond acceptors (Lipinski definition) is 5. The summed E-state index contributed by atoms with van der Waals surface area (Å²) in [5.41, 5.74) is 2.75. The molecule has 0 aliphatic heterocycles. The Kier molecular flexibility index (Phi) is 4.21. The van der Waals surface area contributed by atoms with E-state index in [1.807, 2.05) is 25.1 Å². The zero-order valence-electron chi connectivity index (χ0n) is 10.8. The molecule has 0 fully saturated rings. The van der Waals surface area contributed by atoms with Crippen molar-refractivity contribution in [2.24, 2.45) is 0 Å². The molecule has 1 aromatic carbocycles. The molecule has 0 saturated heterocycles. The number of aromatic nitrogens is 1. The summed E-state index contributed by atoms with van der Waals surface area (Å²) < 4.78 is 5.74. The molecular formula is C13H13BrN2O2S. The molecule has 0 unspecified atom stereocenters. The minimum Gasteiger partial charge on any atom is -0.465 e. The Morgan fingerprint density at radius 1 is 1.42 bits per heavy atom. The van der Waals surface area contributed by atoms with Crippen LogP contribution < -0.4 is 5.32 Å². The highest BCUT2D eigenvalue weighted by Gasteiger charge is 2.15. The molecule has 0 atom stereocenters. The van der Waals surface area contributed by atoms with E-state index in [-0.39, 0.29) is 5.97 Å². The molecule has 0 saturated carbocycles. The van der Waals surface area contributed by atoms with Crippen molar-refractivity contribution in [2.75, 3.05) is 12.4 Å². The van der Waals surface area contributed by atoms with Crippen LogP contribution in [-0.4, -0.2) is 18.1 Å². The van der Waals surface area contributed by atoms with E-state index in [1.54, 1.807) is 6.92 Å². The smallest absolute Gasteiger partial charge is 0.350 e. The molecule has 4 nitrogen and oxygen atoms in total. The standard InChI is InChI=1S/C13H13BrN2O2S/c1-7-4-5-9(6-10(7)14)16-13-15-8(2)11(19-13)12(17)18-3/h4-6H,1-3H3,(H,15,16). The van der Waals surface area contributed by atoms with Crippen LogP contribution in [0.25, 0.3) is 0 Å². The van der Waals surface area contributed by atoms with Gasteiger partial charge in [-0.3, -0.25) is 0 Å². The van der Waals surface area contributed by atoms with Crippen molar-refractivity contribution in [3.8, 4) is 0 Å². The van der Waals surface area contributed by atoms with E-state index in [4.69, 9.17) is 4.74 Å². The second kappa shape index (κ2) is 5.71. The Balaban J connectivity index is 2.24. The first-order chi connectivity index (χ1) is 9.01. The van der Waals surface area contributed by atoms with E-state index in [9.17, 15) is 4.79 Å². The quantitative estimate of drug-likeness (QED) is 0.856. The number of benzene rings is 1. The lowest BCUT2D eigenvalue weighted by Gasteiger charge is -2.04. The van der Waals surface area contributed by atoms with Gasteiger partial charge in [0.25, 0.3) is 0 Å². The van der Waals surface area contributed by atoms with Crippen LogP contribution in [0.1, 0.15) is 20.9 Å². The van der Waals surface area contributed by atoms with Crippen LogP contribution in [0.15, 0.2) is 22.7 Å². The van der Waals surface area contributed by atoms with Crippen molar-refractivity contribution < 1.29 is 9.53 Å². The Labute approximate surface area is 124 Å². The monoisotopic (exact) mass is 340 g/mol. The molecule has 0 aliphatic rings. The molecule has 1 heterocycles. The van der Waals surface area contributed by atoms with Gasteiger partial charge in [-0.15, -0.1) is 0 Å². The first-order valence-corrected chi connectivity index (χ1v) is 7.21. The molecule has 2 rings (SSSR count). The minimum absolute atomic E-state index is 0.354. The number of ether oxygens (including phenoxy) is 1. The predicted molar refractivity (Wildman–Crippen MR) is 80.4 cm³/mol. The summed E-state index contributed by atoms with van der Waals surface area (Å²) >= 11 is 4.77. The molecule has 0 radical (unpaired) electrons. The topological polar surface area (TPSA) is 51.2 Å². The van der Waals surface area contributed by atoms with Crippen LogP contribution in [0, 0.1) is 13.8 Å². The summed E-state index contributed by atoms with van der Waals surface area (Å²) in [6.07, 6.45) is 0. The number of hydrogen-bond donors (Lipinski definition) is 1. The van der Waals surface area contributed by atoms with E-state index in [1.165, 1.54) is 18.4 Å². The van der Waals surface area contributed by atoms with E-state index in [2.05, 4.69) is 26.2 Å². The van der Waals surface area contributed by atoms with Gasteiger partial charge in [0.05, 0.1) is 12.8 Å². The average Bonchev–Trinajstić information content (AvgIpc) is 2.74. The fourth-order valence-corrected chi connectivity index (χ4v) is 2.81. The van der Waals surface area contributed by atoms with Crippen molar-refractivity contribution in [3.63, 3.8) is 0 Å². The number of halogens is 1. The van der Waals surface area contributed by atoms with Crippen molar-refractivity contribution in [3.05, 3.63) is 38.8 Å². The van der Waals surface area contributed by atoms with Gasteiger partial charge in [-0.05, 0) is 31.5 Å². The van der Waals surface area contributed by atoms with Gasteiger partial charge in [-0.1, -0.05) is 33.3 Å². The fraction of sp³-hybridized carbons (Fsp3) is 0.231. The molecule has 6 heteroatoms. The first kappa shape index (κ1) is 14.0. The third-order valence-electron chi connectivity index (χ3n) is 2.59. The number of methoxy groups -OCH3 is 1. The average molecular weight is 341 g/mol. The highest BCUT2D eigenvalue weighted by molar-refractivity contribution is 9.10. The summed E-state index contributed by atoms with van der Waals surface area (Å²) in [6.45, 7) is 3.82. The van der Waals surface area contributed by atoms with Crippen LogP contribution in [-0.2, 0) is 4.74 Å². The van der Waals surface area contributed by atoms with Crippen LogP contribution >= 0.6 is 27.3 Å². The molecule has 2 aromatic rings. The summed E-state index contributed by atoms with van der Waals surface area (Å²) in [5, 5.41) is 3.86. The van der Waals surface area contributed by atoms with Crippen LogP contribution in [0.4, 0.5) is 10.8 Å². The van der Waals surface area contributed by atoms with Gasteiger partial charge in [0, 0.05) is 10.2 Å². The molecule has 0 spiro atoms. The van der Waals surface area contributed by atoms with E-state index in [0.717, 1.165) is 15.7 Å². The number of carbonyl (C=O) groups is 1. The zero-order chi connectivity index (χ0) is 14.0. The van der Waals surface area contributed by atoms with Gasteiger partial charge in [0.1, 0.15) is 4.88 Å². The number of anilines is 2. The summed E-state index contributed by atoms with van der Waals surface area (Å²) in [7, 11) is 1.37. The molecule has 0 bridgehead atoms. The van der Waals surface area contributed by atoms with Gasteiger partial charge in [0.15, 0.2) is 5.13 Å². The maximum absolute atomic E-state index is 11.5. The normalized spacial score (nSPS) is 10.3. The molecular weight excluding hydrogens is 328 g/mol. The predicted octanol–water partition coefficient (Wildman–Crippen LogP) is 4.05. The van der Waals surface area contributed by atoms with Crippen molar-refractivity contribution in [1.29, 1.82) is 0 Å². The van der Waals surface area contributed by atoms with Crippen molar-refractivity contribution in [2.45, 2.75) is 13.8 Å². The molecule has 0 amide bonds. The number of nitrogens with one attached hydrogen (secondary N) is 1. The number of thiazole rings is 1. The minimum atomic E-state index is -0.354. The van der Waals surface area contributed by atoms with Gasteiger partial charge in [-0.2, -0.15) is 0 Å². The summed E-state index contributed by atoms with van der Waals surface area (Å²) in [4.78, 5) is 16.4. The second-order valence-corrected chi connectivity index (χ2v) is 5.87. The maximum Gasteiger partial charge on any atom is 0.350 e. The summed E-state index contributed by atoms with van der Waals surface area (Å²) in [5.74, 6) is -0.354. The molecule has 1 aromatic heterocycles. The zero-order valence-corrected chi connectivity index (χ0v) is 13.2. The molecule has 1 N–H and O–H groups in total. The lowest BCUT2D eigenvalue weighted by atomic mass is 10.2. The maximum atomic E-state index is 11.5. The van der Waals surface area contributed by atoms with Gasteiger partial charge in [0.2, 0.25) is 0 Å². The van der Waals surface area contributed by atoms with Gasteiger partial charge in [-0.25, -0.2) is 9.78 Å². The largest absolute Gasteiger partial charge is 0.465 e. The third-order valence-corrected chi connectivity index (χ3v) is 4.50. The van der Waals surface area contributed by atoms with Crippen LogP contribution in [0.5, 0.6) is 0 Å². The van der Waals surface area contributed by atoms with E-state index >= 15 is 0 Å². The Morgan fingerprint density at radius 2 is 2.16 bits per heavy atom. The Hall–Kier alpha value is -1.40.